The molecule has 8 heteroatoms. The summed E-state index contributed by atoms with van der Waals surface area (Å²) in [6.45, 7) is 3.66. The van der Waals surface area contributed by atoms with Crippen LogP contribution < -0.4 is 0 Å². The maximum atomic E-state index is 13.1. The number of likely N-dealkylation sites (tertiary alicyclic amines) is 1. The molecule has 1 aromatic rings. The zero-order chi connectivity index (χ0) is 22.0. The Morgan fingerprint density at radius 2 is 1.42 bits per heavy atom. The van der Waals surface area contributed by atoms with Crippen LogP contribution >= 0.6 is 11.6 Å². The predicted octanol–water partition coefficient (Wildman–Crippen LogP) is 2.35. The minimum Gasteiger partial charge on any atom is -0.468 e. The van der Waals surface area contributed by atoms with Crippen LogP contribution in [0.4, 0.5) is 0 Å². The van der Waals surface area contributed by atoms with Gasteiger partial charge in [0, 0.05) is 56.1 Å². The van der Waals surface area contributed by atoms with Crippen LogP contribution in [0.1, 0.15) is 37.3 Å². The van der Waals surface area contributed by atoms with Gasteiger partial charge in [-0.05, 0) is 37.3 Å². The number of hydrogen-bond donors (Lipinski definition) is 0. The number of carbonyl (C=O) groups is 3. The van der Waals surface area contributed by atoms with Crippen molar-refractivity contribution in [2.75, 3.05) is 46.4 Å². The van der Waals surface area contributed by atoms with Gasteiger partial charge in [0.05, 0.1) is 7.11 Å². The fourth-order valence-corrected chi connectivity index (χ4v) is 4.91. The smallest absolute Gasteiger partial charge is 0.327 e. The summed E-state index contributed by atoms with van der Waals surface area (Å²) < 4.78 is 5.04. The van der Waals surface area contributed by atoms with Gasteiger partial charge in [0.2, 0.25) is 11.8 Å². The lowest BCUT2D eigenvalue weighted by molar-refractivity contribution is -0.149. The molecule has 1 aromatic carbocycles. The number of halogens is 1. The lowest BCUT2D eigenvalue weighted by Crippen LogP contribution is -2.53. The molecular weight excluding hydrogens is 418 g/mol. The summed E-state index contributed by atoms with van der Waals surface area (Å²) in [5.74, 6) is 0.315. The highest BCUT2D eigenvalue weighted by Gasteiger charge is 2.38. The van der Waals surface area contributed by atoms with Gasteiger partial charge < -0.3 is 14.5 Å². The highest BCUT2D eigenvalue weighted by Crippen LogP contribution is 2.33. The molecule has 3 aliphatic rings. The number of benzene rings is 1. The van der Waals surface area contributed by atoms with Crippen molar-refractivity contribution in [2.24, 2.45) is 11.8 Å². The monoisotopic (exact) mass is 447 g/mol. The van der Waals surface area contributed by atoms with E-state index in [0.29, 0.717) is 44.3 Å². The van der Waals surface area contributed by atoms with Gasteiger partial charge in [0.1, 0.15) is 6.04 Å². The van der Waals surface area contributed by atoms with Crippen molar-refractivity contribution in [1.82, 2.24) is 14.7 Å². The van der Waals surface area contributed by atoms with E-state index in [0.717, 1.165) is 31.2 Å². The van der Waals surface area contributed by atoms with Crippen LogP contribution in [-0.2, 0) is 19.1 Å². The number of amides is 2. The predicted molar refractivity (Wildman–Crippen MR) is 116 cm³/mol. The second kappa shape index (κ2) is 9.57. The van der Waals surface area contributed by atoms with Gasteiger partial charge >= 0.3 is 5.97 Å². The second-order valence-corrected chi connectivity index (χ2v) is 9.09. The minimum absolute atomic E-state index is 0.0187. The lowest BCUT2D eigenvalue weighted by Gasteiger charge is -2.40. The van der Waals surface area contributed by atoms with Gasteiger partial charge in [-0.25, -0.2) is 4.79 Å². The third-order valence-corrected chi connectivity index (χ3v) is 7.04. The van der Waals surface area contributed by atoms with Gasteiger partial charge in [-0.3, -0.25) is 14.5 Å². The Morgan fingerprint density at radius 1 is 0.871 bits per heavy atom. The SMILES string of the molecule is COC(=O)[C@H](c1ccccc1Cl)N1CCN(C(=O)C2CCN(C(=O)C3CC3)CC2)CC1. The van der Waals surface area contributed by atoms with Crippen LogP contribution in [0.15, 0.2) is 24.3 Å². The molecule has 168 valence electrons. The molecule has 4 rings (SSSR count). The van der Waals surface area contributed by atoms with Crippen molar-refractivity contribution in [2.45, 2.75) is 31.7 Å². The largest absolute Gasteiger partial charge is 0.468 e. The van der Waals surface area contributed by atoms with E-state index in [4.69, 9.17) is 16.3 Å². The molecule has 3 fully saturated rings. The third kappa shape index (κ3) is 4.88. The number of ether oxygens (including phenoxy) is 1. The van der Waals surface area contributed by atoms with Gasteiger partial charge in [-0.1, -0.05) is 29.8 Å². The molecule has 2 heterocycles. The van der Waals surface area contributed by atoms with E-state index in [1.807, 2.05) is 32.9 Å². The van der Waals surface area contributed by atoms with Crippen LogP contribution in [-0.4, -0.2) is 78.9 Å². The van der Waals surface area contributed by atoms with Crippen LogP contribution in [0.3, 0.4) is 0 Å². The molecule has 0 bridgehead atoms. The molecular formula is C23H30ClN3O4. The van der Waals surface area contributed by atoms with Crippen molar-refractivity contribution < 1.29 is 19.1 Å². The van der Waals surface area contributed by atoms with Crippen LogP contribution in [0.5, 0.6) is 0 Å². The first-order chi connectivity index (χ1) is 15.0. The molecule has 0 aromatic heterocycles. The number of rotatable bonds is 5. The number of methoxy groups -OCH3 is 1. The fraction of sp³-hybridized carbons (Fsp3) is 0.609. The van der Waals surface area contributed by atoms with Crippen molar-refractivity contribution in [3.63, 3.8) is 0 Å². The topological polar surface area (TPSA) is 70.2 Å². The highest BCUT2D eigenvalue weighted by molar-refractivity contribution is 6.31. The zero-order valence-corrected chi connectivity index (χ0v) is 18.7. The Bertz CT molecular complexity index is 828. The minimum atomic E-state index is -0.576. The third-order valence-electron chi connectivity index (χ3n) is 6.70. The normalized spacial score (nSPS) is 21.6. The second-order valence-electron chi connectivity index (χ2n) is 8.68. The molecule has 0 unspecified atom stereocenters. The first-order valence-electron chi connectivity index (χ1n) is 11.1. The van der Waals surface area contributed by atoms with Crippen LogP contribution in [0, 0.1) is 11.8 Å². The average molecular weight is 448 g/mol. The fourth-order valence-electron chi connectivity index (χ4n) is 4.68. The molecule has 0 N–H and O–H groups in total. The first-order valence-corrected chi connectivity index (χ1v) is 11.5. The molecule has 2 aliphatic heterocycles. The van der Waals surface area contributed by atoms with Crippen molar-refractivity contribution in [3.05, 3.63) is 34.9 Å². The van der Waals surface area contributed by atoms with E-state index in [-0.39, 0.29) is 29.6 Å². The van der Waals surface area contributed by atoms with E-state index in [1.165, 1.54) is 7.11 Å². The Balaban J connectivity index is 1.33. The molecule has 1 atom stereocenters. The average Bonchev–Trinajstić information content (AvgIpc) is 3.65. The van der Waals surface area contributed by atoms with Gasteiger partial charge in [-0.2, -0.15) is 0 Å². The Labute approximate surface area is 188 Å². The van der Waals surface area contributed by atoms with Gasteiger partial charge in [-0.15, -0.1) is 0 Å². The zero-order valence-electron chi connectivity index (χ0n) is 18.0. The molecule has 7 nitrogen and oxygen atoms in total. The summed E-state index contributed by atoms with van der Waals surface area (Å²) in [5.41, 5.74) is 0.725. The van der Waals surface area contributed by atoms with E-state index in [9.17, 15) is 14.4 Å². The number of carbonyl (C=O) groups excluding carboxylic acids is 3. The number of piperazine rings is 1. The first kappa shape index (κ1) is 22.1. The molecule has 1 aliphatic carbocycles. The maximum Gasteiger partial charge on any atom is 0.327 e. The van der Waals surface area contributed by atoms with Gasteiger partial charge in [0.15, 0.2) is 0 Å². The summed E-state index contributed by atoms with van der Waals surface area (Å²) in [4.78, 5) is 43.7. The van der Waals surface area contributed by atoms with Crippen molar-refractivity contribution in [1.29, 1.82) is 0 Å². The number of esters is 1. The van der Waals surface area contributed by atoms with Crippen LogP contribution in [0.25, 0.3) is 0 Å². The Morgan fingerprint density at radius 3 is 1.97 bits per heavy atom. The molecule has 0 spiro atoms. The summed E-state index contributed by atoms with van der Waals surface area (Å²) >= 11 is 6.35. The maximum absolute atomic E-state index is 13.1. The van der Waals surface area contributed by atoms with E-state index in [2.05, 4.69) is 0 Å². The summed E-state index contributed by atoms with van der Waals surface area (Å²) in [7, 11) is 1.38. The highest BCUT2D eigenvalue weighted by atomic mass is 35.5. The number of piperidine rings is 1. The van der Waals surface area contributed by atoms with E-state index < -0.39 is 6.04 Å². The van der Waals surface area contributed by atoms with Gasteiger partial charge in [0.25, 0.3) is 0 Å². The molecule has 2 amide bonds. The van der Waals surface area contributed by atoms with Crippen molar-refractivity contribution in [3.8, 4) is 0 Å². The lowest BCUT2D eigenvalue weighted by atomic mass is 9.94. The quantitative estimate of drug-likeness (QED) is 0.648. The number of nitrogens with zero attached hydrogens (tertiary/aromatic N) is 3. The van der Waals surface area contributed by atoms with Crippen molar-refractivity contribution >= 4 is 29.4 Å². The summed E-state index contributed by atoms with van der Waals surface area (Å²) in [5, 5.41) is 0.531. The Hall–Kier alpha value is -2.12. The standard InChI is InChI=1S/C23H30ClN3O4/c1-31-23(30)20(18-4-2-3-5-19(18)24)25-12-14-27(15-13-25)22(29)17-8-10-26(11-9-17)21(28)16-6-7-16/h2-5,16-17,20H,6-15H2,1H3/t20-/m0/s1. The molecule has 1 saturated carbocycles. The molecule has 2 saturated heterocycles. The Kier molecular flexibility index (Phi) is 6.82. The summed E-state index contributed by atoms with van der Waals surface area (Å²) in [6, 6.07) is 6.73. The van der Waals surface area contributed by atoms with E-state index in [1.54, 1.807) is 6.07 Å². The molecule has 31 heavy (non-hydrogen) atoms. The number of hydrogen-bond acceptors (Lipinski definition) is 5. The van der Waals surface area contributed by atoms with E-state index >= 15 is 0 Å². The summed E-state index contributed by atoms with van der Waals surface area (Å²) in [6.07, 6.45) is 3.51. The van der Waals surface area contributed by atoms with Crippen LogP contribution in [0.2, 0.25) is 5.02 Å². The molecule has 0 radical (unpaired) electrons.